The first-order chi connectivity index (χ1) is 13.2. The van der Waals surface area contributed by atoms with Crippen LogP contribution in [0, 0.1) is 5.82 Å². The van der Waals surface area contributed by atoms with E-state index in [9.17, 15) is 9.50 Å². The number of halogens is 1. The summed E-state index contributed by atoms with van der Waals surface area (Å²) in [6.07, 6.45) is 2.07. The fraction of sp³-hybridized carbons (Fsp3) is 0.381. The Balaban J connectivity index is 1.55. The fourth-order valence-corrected chi connectivity index (χ4v) is 3.25. The van der Waals surface area contributed by atoms with E-state index < -0.39 is 5.82 Å². The van der Waals surface area contributed by atoms with Crippen LogP contribution in [-0.4, -0.2) is 36.7 Å². The number of aliphatic imine (C=N–C) groups is 1. The third-order valence-electron chi connectivity index (χ3n) is 4.73. The van der Waals surface area contributed by atoms with Gasteiger partial charge in [0.25, 0.3) is 0 Å². The first-order valence-corrected chi connectivity index (χ1v) is 9.48. The summed E-state index contributed by atoms with van der Waals surface area (Å²) in [7, 11) is 0. The van der Waals surface area contributed by atoms with Gasteiger partial charge in [-0.3, -0.25) is 0 Å². The van der Waals surface area contributed by atoms with E-state index in [1.165, 1.54) is 17.8 Å². The molecule has 3 N–H and O–H groups in total. The first kappa shape index (κ1) is 19.0. The Labute approximate surface area is 159 Å². The summed E-state index contributed by atoms with van der Waals surface area (Å²) < 4.78 is 13.5. The number of hydrogen-bond acceptors (Lipinski definition) is 3. The number of phenolic OH excluding ortho intramolecular Hbond substituents is 1. The number of nitrogens with one attached hydrogen (secondary N) is 2. The smallest absolute Gasteiger partial charge is 0.191 e. The van der Waals surface area contributed by atoms with Crippen molar-refractivity contribution in [3.63, 3.8) is 0 Å². The van der Waals surface area contributed by atoms with Gasteiger partial charge in [0.05, 0.1) is 6.54 Å². The highest BCUT2D eigenvalue weighted by Gasteiger charge is 2.20. The van der Waals surface area contributed by atoms with Crippen molar-refractivity contribution in [3.8, 4) is 5.75 Å². The van der Waals surface area contributed by atoms with Crippen molar-refractivity contribution >= 4 is 11.6 Å². The molecule has 0 unspecified atom stereocenters. The molecule has 3 rings (SSSR count). The van der Waals surface area contributed by atoms with Gasteiger partial charge in [-0.1, -0.05) is 24.3 Å². The normalized spacial score (nSPS) is 15.6. The summed E-state index contributed by atoms with van der Waals surface area (Å²) in [6.45, 7) is 5.15. The maximum atomic E-state index is 13.5. The molecular formula is C21H27FN4O. The van der Waals surface area contributed by atoms with Gasteiger partial charge in [-0.05, 0) is 49.6 Å². The maximum Gasteiger partial charge on any atom is 0.191 e. The standard InChI is InChI=1S/C21H27FN4O/c1-2-23-21(24-15-16-8-9-20(27)19(22)14-16)25-17-10-12-26(13-11-17)18-6-4-3-5-7-18/h3-9,14,17,27H,2,10-13,15H2,1H3,(H2,23,24,25). The van der Waals surface area contributed by atoms with Gasteiger partial charge in [0.2, 0.25) is 0 Å². The lowest BCUT2D eigenvalue weighted by Gasteiger charge is -2.34. The van der Waals surface area contributed by atoms with Gasteiger partial charge in [0, 0.05) is 31.4 Å². The molecule has 0 radical (unpaired) electrons. The summed E-state index contributed by atoms with van der Waals surface area (Å²) in [5.41, 5.74) is 1.99. The van der Waals surface area contributed by atoms with E-state index >= 15 is 0 Å². The molecule has 1 aliphatic heterocycles. The van der Waals surface area contributed by atoms with Crippen LogP contribution in [0.2, 0.25) is 0 Å². The Kier molecular flexibility index (Phi) is 6.52. The summed E-state index contributed by atoms with van der Waals surface area (Å²) in [6, 6.07) is 15.2. The van der Waals surface area contributed by atoms with Crippen LogP contribution >= 0.6 is 0 Å². The minimum atomic E-state index is -0.617. The van der Waals surface area contributed by atoms with E-state index in [1.807, 2.05) is 13.0 Å². The third-order valence-corrected chi connectivity index (χ3v) is 4.73. The molecule has 1 heterocycles. The molecule has 1 saturated heterocycles. The molecule has 2 aromatic rings. The van der Waals surface area contributed by atoms with Crippen molar-refractivity contribution in [2.45, 2.75) is 32.4 Å². The maximum absolute atomic E-state index is 13.5. The molecule has 144 valence electrons. The second-order valence-electron chi connectivity index (χ2n) is 6.72. The summed E-state index contributed by atoms with van der Waals surface area (Å²) in [4.78, 5) is 6.96. The molecule has 0 aliphatic carbocycles. The molecule has 27 heavy (non-hydrogen) atoms. The van der Waals surface area contributed by atoms with Crippen LogP contribution in [-0.2, 0) is 6.54 Å². The highest BCUT2D eigenvalue weighted by atomic mass is 19.1. The molecular weight excluding hydrogens is 343 g/mol. The molecule has 0 bridgehead atoms. The highest BCUT2D eigenvalue weighted by Crippen LogP contribution is 2.19. The number of para-hydroxylation sites is 1. The van der Waals surface area contributed by atoms with Gasteiger partial charge in [-0.25, -0.2) is 9.38 Å². The van der Waals surface area contributed by atoms with Gasteiger partial charge in [0.1, 0.15) is 0 Å². The second-order valence-corrected chi connectivity index (χ2v) is 6.72. The second kappa shape index (κ2) is 9.26. The van der Waals surface area contributed by atoms with Gasteiger partial charge in [0.15, 0.2) is 17.5 Å². The quantitative estimate of drug-likeness (QED) is 0.559. The zero-order valence-corrected chi connectivity index (χ0v) is 15.7. The number of anilines is 1. The number of benzene rings is 2. The third kappa shape index (κ3) is 5.36. The minimum absolute atomic E-state index is 0.335. The lowest BCUT2D eigenvalue weighted by Crippen LogP contribution is -2.48. The van der Waals surface area contributed by atoms with Crippen LogP contribution in [0.3, 0.4) is 0 Å². The van der Waals surface area contributed by atoms with Crippen LogP contribution in [0.4, 0.5) is 10.1 Å². The molecule has 0 saturated carbocycles. The van der Waals surface area contributed by atoms with E-state index in [0.29, 0.717) is 12.6 Å². The molecule has 5 nitrogen and oxygen atoms in total. The SMILES string of the molecule is CCNC(=NCc1ccc(O)c(F)c1)NC1CCN(c2ccccc2)CC1. The van der Waals surface area contributed by atoms with E-state index in [4.69, 9.17) is 0 Å². The van der Waals surface area contributed by atoms with E-state index in [-0.39, 0.29) is 5.75 Å². The number of phenols is 1. The van der Waals surface area contributed by atoms with Gasteiger partial charge in [-0.2, -0.15) is 0 Å². The molecule has 2 aromatic carbocycles. The minimum Gasteiger partial charge on any atom is -0.505 e. The number of piperidine rings is 1. The van der Waals surface area contributed by atoms with Crippen LogP contribution in [0.1, 0.15) is 25.3 Å². The number of nitrogens with zero attached hydrogens (tertiary/aromatic N) is 2. The highest BCUT2D eigenvalue weighted by molar-refractivity contribution is 5.80. The number of guanidine groups is 1. The Morgan fingerprint density at radius 1 is 1.19 bits per heavy atom. The number of aromatic hydroxyl groups is 1. The van der Waals surface area contributed by atoms with Crippen molar-refractivity contribution in [1.29, 1.82) is 0 Å². The zero-order chi connectivity index (χ0) is 19.1. The molecule has 6 heteroatoms. The van der Waals surface area contributed by atoms with Crippen molar-refractivity contribution < 1.29 is 9.50 Å². The van der Waals surface area contributed by atoms with Crippen LogP contribution in [0.5, 0.6) is 5.75 Å². The van der Waals surface area contributed by atoms with Crippen molar-refractivity contribution in [3.05, 3.63) is 59.9 Å². The van der Waals surface area contributed by atoms with Crippen LogP contribution < -0.4 is 15.5 Å². The van der Waals surface area contributed by atoms with Gasteiger partial charge in [-0.15, -0.1) is 0 Å². The summed E-state index contributed by atoms with van der Waals surface area (Å²) in [5.74, 6) is -0.212. The molecule has 0 atom stereocenters. The summed E-state index contributed by atoms with van der Waals surface area (Å²) >= 11 is 0. The first-order valence-electron chi connectivity index (χ1n) is 9.48. The number of rotatable bonds is 5. The van der Waals surface area contributed by atoms with Gasteiger partial charge < -0.3 is 20.6 Å². The summed E-state index contributed by atoms with van der Waals surface area (Å²) in [5, 5.41) is 16.0. The average Bonchev–Trinajstić information content (AvgIpc) is 2.70. The molecule has 1 fully saturated rings. The Hall–Kier alpha value is -2.76. The predicted molar refractivity (Wildman–Crippen MR) is 108 cm³/mol. The van der Waals surface area contributed by atoms with Crippen LogP contribution in [0.15, 0.2) is 53.5 Å². The topological polar surface area (TPSA) is 59.9 Å². The largest absolute Gasteiger partial charge is 0.505 e. The lowest BCUT2D eigenvalue weighted by molar-refractivity contribution is 0.432. The Morgan fingerprint density at radius 2 is 1.93 bits per heavy atom. The Bertz CT molecular complexity index is 758. The lowest BCUT2D eigenvalue weighted by atomic mass is 10.0. The van der Waals surface area contributed by atoms with E-state index in [1.54, 1.807) is 6.07 Å². The molecule has 1 aliphatic rings. The van der Waals surface area contributed by atoms with E-state index in [2.05, 4.69) is 44.8 Å². The van der Waals surface area contributed by atoms with Crippen molar-refractivity contribution in [1.82, 2.24) is 10.6 Å². The monoisotopic (exact) mass is 370 g/mol. The fourth-order valence-electron chi connectivity index (χ4n) is 3.25. The van der Waals surface area contributed by atoms with Crippen molar-refractivity contribution in [2.75, 3.05) is 24.5 Å². The molecule has 0 aromatic heterocycles. The number of hydrogen-bond donors (Lipinski definition) is 3. The van der Waals surface area contributed by atoms with E-state index in [0.717, 1.165) is 44.0 Å². The van der Waals surface area contributed by atoms with Gasteiger partial charge >= 0.3 is 0 Å². The van der Waals surface area contributed by atoms with Crippen LogP contribution in [0.25, 0.3) is 0 Å². The Morgan fingerprint density at radius 3 is 2.59 bits per heavy atom. The molecule has 0 amide bonds. The predicted octanol–water partition coefficient (Wildman–Crippen LogP) is 3.26. The zero-order valence-electron chi connectivity index (χ0n) is 15.7. The molecule has 0 spiro atoms. The van der Waals surface area contributed by atoms with Crippen molar-refractivity contribution in [2.24, 2.45) is 4.99 Å². The average molecular weight is 370 g/mol.